The van der Waals surface area contributed by atoms with Crippen molar-refractivity contribution in [3.8, 4) is 0 Å². The molecule has 0 radical (unpaired) electrons. The highest BCUT2D eigenvalue weighted by Gasteiger charge is 2.05. The molecule has 114 valence electrons. The number of hydrazine groups is 1. The molecular formula is C15H16N4O2S. The maximum atomic E-state index is 10.6. The third kappa shape index (κ3) is 4.16. The van der Waals surface area contributed by atoms with Crippen molar-refractivity contribution in [3.63, 3.8) is 0 Å². The highest BCUT2D eigenvalue weighted by atomic mass is 32.1. The third-order valence-electron chi connectivity index (χ3n) is 3.03. The summed E-state index contributed by atoms with van der Waals surface area (Å²) in [5.41, 5.74) is 9.84. The maximum Gasteiger partial charge on any atom is 0.269 e. The molecule has 0 aliphatic carbocycles. The Morgan fingerprint density at radius 2 is 1.82 bits per heavy atom. The molecule has 22 heavy (non-hydrogen) atoms. The number of hydrogen-bond acceptors (Lipinski definition) is 4. The molecular weight excluding hydrogens is 300 g/mol. The number of non-ortho nitro benzene ring substituents is 1. The number of anilines is 2. The van der Waals surface area contributed by atoms with Gasteiger partial charge >= 0.3 is 0 Å². The summed E-state index contributed by atoms with van der Waals surface area (Å²) in [6.45, 7) is 4.04. The Morgan fingerprint density at radius 3 is 2.41 bits per heavy atom. The summed E-state index contributed by atoms with van der Waals surface area (Å²) < 4.78 is 0. The summed E-state index contributed by atoms with van der Waals surface area (Å²) in [5, 5.41) is 13.9. The standard InChI is InChI=1S/C15H16N4O2S/c1-10-3-8-14(11(2)9-10)17-18-15(22)16-12-4-6-13(7-5-12)19(20)21/h3-9,17H,1-2H3,(H2,16,18,22). The first-order chi connectivity index (χ1) is 10.5. The predicted octanol–water partition coefficient (Wildman–Crippen LogP) is 3.53. The van der Waals surface area contributed by atoms with Crippen LogP contribution in [0.5, 0.6) is 0 Å². The first-order valence-electron chi connectivity index (χ1n) is 6.60. The van der Waals surface area contributed by atoms with Gasteiger partial charge in [0, 0.05) is 17.8 Å². The SMILES string of the molecule is Cc1ccc(NNC(=S)Nc2ccc([N+](=O)[O-])cc2)c(C)c1. The van der Waals surface area contributed by atoms with E-state index in [4.69, 9.17) is 12.2 Å². The van der Waals surface area contributed by atoms with Gasteiger partial charge in [0.05, 0.1) is 10.6 Å². The van der Waals surface area contributed by atoms with Crippen molar-refractivity contribution in [2.24, 2.45) is 0 Å². The Hall–Kier alpha value is -2.67. The molecule has 2 aromatic carbocycles. The van der Waals surface area contributed by atoms with Gasteiger partial charge in [-0.15, -0.1) is 0 Å². The summed E-state index contributed by atoms with van der Waals surface area (Å²) in [4.78, 5) is 10.1. The number of benzene rings is 2. The van der Waals surface area contributed by atoms with E-state index in [-0.39, 0.29) is 5.69 Å². The lowest BCUT2D eigenvalue weighted by Gasteiger charge is -2.14. The molecule has 3 N–H and O–H groups in total. The first kappa shape index (κ1) is 15.7. The van der Waals surface area contributed by atoms with Gasteiger partial charge in [-0.2, -0.15) is 0 Å². The van der Waals surface area contributed by atoms with Gasteiger partial charge in [0.1, 0.15) is 0 Å². The fourth-order valence-corrected chi connectivity index (χ4v) is 2.08. The van der Waals surface area contributed by atoms with E-state index in [1.807, 2.05) is 26.0 Å². The Labute approximate surface area is 133 Å². The zero-order valence-electron chi connectivity index (χ0n) is 12.2. The summed E-state index contributed by atoms with van der Waals surface area (Å²) in [7, 11) is 0. The second-order valence-corrected chi connectivity index (χ2v) is 5.23. The minimum absolute atomic E-state index is 0.0397. The molecule has 0 atom stereocenters. The van der Waals surface area contributed by atoms with E-state index < -0.39 is 4.92 Å². The highest BCUT2D eigenvalue weighted by Crippen LogP contribution is 2.16. The van der Waals surface area contributed by atoms with Gasteiger partial charge in [0.15, 0.2) is 5.11 Å². The van der Waals surface area contributed by atoms with Crippen LogP contribution in [-0.2, 0) is 0 Å². The normalized spacial score (nSPS) is 9.91. The lowest BCUT2D eigenvalue weighted by atomic mass is 10.1. The minimum Gasteiger partial charge on any atom is -0.331 e. The number of hydrogen-bond donors (Lipinski definition) is 3. The van der Waals surface area contributed by atoms with Gasteiger partial charge in [-0.05, 0) is 49.8 Å². The average molecular weight is 316 g/mol. The molecule has 0 amide bonds. The topological polar surface area (TPSA) is 79.2 Å². The first-order valence-corrected chi connectivity index (χ1v) is 7.01. The molecule has 2 rings (SSSR count). The Bertz CT molecular complexity index is 701. The fourth-order valence-electron chi connectivity index (χ4n) is 1.91. The predicted molar refractivity (Wildman–Crippen MR) is 92.0 cm³/mol. The van der Waals surface area contributed by atoms with Gasteiger partial charge in [0.25, 0.3) is 5.69 Å². The molecule has 6 nitrogen and oxygen atoms in total. The van der Waals surface area contributed by atoms with Crippen molar-refractivity contribution in [2.75, 3.05) is 10.7 Å². The average Bonchev–Trinajstić information content (AvgIpc) is 2.47. The maximum absolute atomic E-state index is 10.6. The molecule has 0 bridgehead atoms. The quantitative estimate of drug-likeness (QED) is 0.455. The largest absolute Gasteiger partial charge is 0.331 e. The van der Waals surface area contributed by atoms with Gasteiger partial charge in [-0.25, -0.2) is 0 Å². The number of aryl methyl sites for hydroxylation is 2. The second-order valence-electron chi connectivity index (χ2n) is 4.83. The Morgan fingerprint density at radius 1 is 1.14 bits per heavy atom. The van der Waals surface area contributed by atoms with Crippen LogP contribution in [0.3, 0.4) is 0 Å². The summed E-state index contributed by atoms with van der Waals surface area (Å²) in [5.74, 6) is 0. The van der Waals surface area contributed by atoms with E-state index in [2.05, 4.69) is 22.2 Å². The van der Waals surface area contributed by atoms with Crippen molar-refractivity contribution in [1.29, 1.82) is 0 Å². The van der Waals surface area contributed by atoms with Crippen LogP contribution < -0.4 is 16.2 Å². The van der Waals surface area contributed by atoms with Crippen LogP contribution in [0.1, 0.15) is 11.1 Å². The molecule has 0 saturated carbocycles. The van der Waals surface area contributed by atoms with Crippen LogP contribution in [0.4, 0.5) is 17.1 Å². The molecule has 2 aromatic rings. The molecule has 7 heteroatoms. The van der Waals surface area contributed by atoms with Gasteiger partial charge in [-0.1, -0.05) is 17.7 Å². The van der Waals surface area contributed by atoms with Crippen LogP contribution in [-0.4, -0.2) is 10.0 Å². The van der Waals surface area contributed by atoms with Crippen molar-refractivity contribution in [2.45, 2.75) is 13.8 Å². The molecule has 0 aromatic heterocycles. The van der Waals surface area contributed by atoms with Crippen LogP contribution >= 0.6 is 12.2 Å². The van der Waals surface area contributed by atoms with Gasteiger partial charge in [-0.3, -0.25) is 21.0 Å². The Kier molecular flexibility index (Phi) is 4.90. The monoisotopic (exact) mass is 316 g/mol. The zero-order chi connectivity index (χ0) is 16.1. The number of nitrogens with zero attached hydrogens (tertiary/aromatic N) is 1. The highest BCUT2D eigenvalue weighted by molar-refractivity contribution is 7.80. The lowest BCUT2D eigenvalue weighted by molar-refractivity contribution is -0.384. The minimum atomic E-state index is -0.442. The van der Waals surface area contributed by atoms with E-state index in [9.17, 15) is 10.1 Å². The van der Waals surface area contributed by atoms with Crippen LogP contribution in [0, 0.1) is 24.0 Å². The molecule has 0 aliphatic rings. The summed E-state index contributed by atoms with van der Waals surface area (Å²) in [6.07, 6.45) is 0. The van der Waals surface area contributed by atoms with E-state index in [0.29, 0.717) is 10.8 Å². The number of nitrogens with one attached hydrogen (secondary N) is 3. The summed E-state index contributed by atoms with van der Waals surface area (Å²) >= 11 is 5.17. The lowest BCUT2D eigenvalue weighted by Crippen LogP contribution is -2.33. The van der Waals surface area contributed by atoms with Crippen molar-refractivity contribution in [1.82, 2.24) is 5.43 Å². The second kappa shape index (κ2) is 6.86. The number of nitro benzene ring substituents is 1. The molecule has 0 spiro atoms. The zero-order valence-corrected chi connectivity index (χ0v) is 13.0. The van der Waals surface area contributed by atoms with E-state index in [0.717, 1.165) is 11.3 Å². The fraction of sp³-hybridized carbons (Fsp3) is 0.133. The van der Waals surface area contributed by atoms with Crippen LogP contribution in [0.2, 0.25) is 0 Å². The molecule has 0 aliphatic heterocycles. The summed E-state index contributed by atoms with van der Waals surface area (Å²) in [6, 6.07) is 12.1. The van der Waals surface area contributed by atoms with Crippen molar-refractivity contribution >= 4 is 34.4 Å². The van der Waals surface area contributed by atoms with Crippen LogP contribution in [0.25, 0.3) is 0 Å². The Balaban J connectivity index is 1.91. The number of nitro groups is 1. The molecule has 0 unspecified atom stereocenters. The molecule has 0 heterocycles. The van der Waals surface area contributed by atoms with Crippen LogP contribution in [0.15, 0.2) is 42.5 Å². The van der Waals surface area contributed by atoms with Gasteiger partial charge < -0.3 is 5.32 Å². The van der Waals surface area contributed by atoms with Crippen molar-refractivity contribution < 1.29 is 4.92 Å². The van der Waals surface area contributed by atoms with E-state index in [1.165, 1.54) is 17.7 Å². The third-order valence-corrected chi connectivity index (χ3v) is 3.23. The van der Waals surface area contributed by atoms with E-state index in [1.54, 1.807) is 12.1 Å². The van der Waals surface area contributed by atoms with Crippen molar-refractivity contribution in [3.05, 3.63) is 63.7 Å². The van der Waals surface area contributed by atoms with Gasteiger partial charge in [0.2, 0.25) is 0 Å². The van der Waals surface area contributed by atoms with E-state index >= 15 is 0 Å². The number of rotatable bonds is 4. The molecule has 0 saturated heterocycles. The number of thiocarbonyl (C=S) groups is 1. The molecule has 0 fully saturated rings. The smallest absolute Gasteiger partial charge is 0.269 e.